The quantitative estimate of drug-likeness (QED) is 0.832. The Bertz CT molecular complexity index is 632. The Morgan fingerprint density at radius 2 is 2.20 bits per heavy atom. The summed E-state index contributed by atoms with van der Waals surface area (Å²) in [6.45, 7) is 1.81. The van der Waals surface area contributed by atoms with Crippen molar-refractivity contribution in [2.24, 2.45) is 0 Å². The molecule has 0 aromatic heterocycles. The molecule has 1 aromatic rings. The van der Waals surface area contributed by atoms with Gasteiger partial charge in [-0.25, -0.2) is 12.8 Å². The van der Waals surface area contributed by atoms with Crippen LogP contribution in [0, 0.1) is 12.7 Å². The van der Waals surface area contributed by atoms with E-state index in [1.165, 1.54) is 13.0 Å². The average molecular weight is 302 g/mol. The topological polar surface area (TPSA) is 86.7 Å². The summed E-state index contributed by atoms with van der Waals surface area (Å²) < 4.78 is 39.1. The third kappa shape index (κ3) is 2.82. The molecule has 110 valence electrons. The number of hydrogen-bond donors (Lipinski definition) is 2. The van der Waals surface area contributed by atoms with E-state index in [0.29, 0.717) is 5.56 Å². The number of benzene rings is 1. The van der Waals surface area contributed by atoms with Gasteiger partial charge >= 0.3 is 5.97 Å². The van der Waals surface area contributed by atoms with Crippen molar-refractivity contribution in [2.45, 2.75) is 17.9 Å². The molecule has 1 fully saturated rings. The molecule has 0 saturated carbocycles. The first kappa shape index (κ1) is 14.9. The highest BCUT2D eigenvalue weighted by Gasteiger charge is 2.33. The molecule has 6 nitrogen and oxygen atoms in total. The first-order valence-corrected chi connectivity index (χ1v) is 7.49. The monoisotopic (exact) mass is 302 g/mol. The lowest BCUT2D eigenvalue weighted by atomic mass is 10.2. The minimum absolute atomic E-state index is 0.00457. The summed E-state index contributed by atoms with van der Waals surface area (Å²) in [4.78, 5) is 10.9. The Morgan fingerprint density at radius 1 is 1.50 bits per heavy atom. The van der Waals surface area contributed by atoms with Crippen molar-refractivity contribution in [2.75, 3.05) is 19.6 Å². The van der Waals surface area contributed by atoms with Gasteiger partial charge in [-0.2, -0.15) is 4.31 Å². The maximum absolute atomic E-state index is 13.0. The summed E-state index contributed by atoms with van der Waals surface area (Å²) in [5.41, 5.74) is 0.301. The summed E-state index contributed by atoms with van der Waals surface area (Å²) >= 11 is 0. The number of carboxylic acid groups (broad SMARTS) is 1. The summed E-state index contributed by atoms with van der Waals surface area (Å²) in [5.74, 6) is -1.61. The Morgan fingerprint density at radius 3 is 2.80 bits per heavy atom. The summed E-state index contributed by atoms with van der Waals surface area (Å²) in [5, 5.41) is 11.7. The van der Waals surface area contributed by atoms with Gasteiger partial charge in [-0.1, -0.05) is 0 Å². The second-order valence-electron chi connectivity index (χ2n) is 4.62. The molecule has 0 bridgehead atoms. The van der Waals surface area contributed by atoms with Gasteiger partial charge in [0, 0.05) is 19.6 Å². The van der Waals surface area contributed by atoms with Gasteiger partial charge in [0.1, 0.15) is 11.9 Å². The highest BCUT2D eigenvalue weighted by molar-refractivity contribution is 7.89. The van der Waals surface area contributed by atoms with Crippen molar-refractivity contribution >= 4 is 16.0 Å². The molecule has 8 heteroatoms. The van der Waals surface area contributed by atoms with E-state index < -0.39 is 27.9 Å². The number of hydrogen-bond acceptors (Lipinski definition) is 4. The van der Waals surface area contributed by atoms with E-state index in [2.05, 4.69) is 5.32 Å². The maximum atomic E-state index is 13.0. The van der Waals surface area contributed by atoms with Gasteiger partial charge in [0.15, 0.2) is 0 Å². The second kappa shape index (κ2) is 5.47. The molecule has 0 spiro atoms. The number of nitrogens with zero attached hydrogens (tertiary/aromatic N) is 1. The van der Waals surface area contributed by atoms with Crippen LogP contribution in [0.4, 0.5) is 4.39 Å². The van der Waals surface area contributed by atoms with Crippen LogP contribution in [0.3, 0.4) is 0 Å². The average Bonchev–Trinajstić information content (AvgIpc) is 2.38. The van der Waals surface area contributed by atoms with E-state index in [1.54, 1.807) is 0 Å². The Kier molecular flexibility index (Phi) is 4.07. The third-order valence-electron chi connectivity index (χ3n) is 3.19. The van der Waals surface area contributed by atoms with Crippen LogP contribution in [0.1, 0.15) is 5.56 Å². The van der Waals surface area contributed by atoms with E-state index in [4.69, 9.17) is 5.11 Å². The summed E-state index contributed by atoms with van der Waals surface area (Å²) in [6.07, 6.45) is 0. The maximum Gasteiger partial charge on any atom is 0.322 e. The Hall–Kier alpha value is -1.51. The predicted molar refractivity (Wildman–Crippen MR) is 69.3 cm³/mol. The normalized spacial score (nSPS) is 20.8. The lowest BCUT2D eigenvalue weighted by molar-refractivity contribution is -0.140. The largest absolute Gasteiger partial charge is 0.480 e. The predicted octanol–water partition coefficient (Wildman–Crippen LogP) is 0.181. The van der Waals surface area contributed by atoms with Crippen LogP contribution < -0.4 is 5.32 Å². The second-order valence-corrected chi connectivity index (χ2v) is 6.52. The van der Waals surface area contributed by atoms with Crippen molar-refractivity contribution in [3.8, 4) is 0 Å². The highest BCUT2D eigenvalue weighted by atomic mass is 32.2. The number of carboxylic acids is 1. The molecule has 0 radical (unpaired) electrons. The van der Waals surface area contributed by atoms with E-state index in [9.17, 15) is 17.6 Å². The van der Waals surface area contributed by atoms with E-state index >= 15 is 0 Å². The van der Waals surface area contributed by atoms with Crippen LogP contribution in [-0.4, -0.2) is 49.5 Å². The zero-order chi connectivity index (χ0) is 14.9. The zero-order valence-electron chi connectivity index (χ0n) is 10.8. The van der Waals surface area contributed by atoms with Crippen LogP contribution in [0.2, 0.25) is 0 Å². The van der Waals surface area contributed by atoms with Gasteiger partial charge in [-0.15, -0.1) is 0 Å². The fraction of sp³-hybridized carbons (Fsp3) is 0.417. The van der Waals surface area contributed by atoms with Gasteiger partial charge < -0.3 is 10.4 Å². The number of aryl methyl sites for hydroxylation is 1. The Balaban J connectivity index is 2.32. The minimum atomic E-state index is -3.81. The molecule has 2 rings (SSSR count). The number of carbonyl (C=O) groups is 1. The fourth-order valence-electron chi connectivity index (χ4n) is 2.15. The van der Waals surface area contributed by atoms with Crippen molar-refractivity contribution < 1.29 is 22.7 Å². The molecule has 20 heavy (non-hydrogen) atoms. The van der Waals surface area contributed by atoms with Crippen molar-refractivity contribution in [1.29, 1.82) is 0 Å². The lowest BCUT2D eigenvalue weighted by Crippen LogP contribution is -2.55. The molecular formula is C12H15FN2O4S. The number of halogens is 1. The smallest absolute Gasteiger partial charge is 0.322 e. The van der Waals surface area contributed by atoms with Gasteiger partial charge in [0.05, 0.1) is 4.90 Å². The molecule has 1 aliphatic heterocycles. The van der Waals surface area contributed by atoms with Gasteiger partial charge in [0.25, 0.3) is 0 Å². The molecular weight excluding hydrogens is 287 g/mol. The number of nitrogens with one attached hydrogen (secondary N) is 1. The highest BCUT2D eigenvalue weighted by Crippen LogP contribution is 2.21. The summed E-state index contributed by atoms with van der Waals surface area (Å²) in [6, 6.07) is 2.50. The number of aliphatic carboxylic acids is 1. The first-order chi connectivity index (χ1) is 9.32. The van der Waals surface area contributed by atoms with Crippen LogP contribution in [0.25, 0.3) is 0 Å². The third-order valence-corrected chi connectivity index (χ3v) is 5.22. The molecule has 1 atom stereocenters. The number of sulfonamides is 1. The van der Waals surface area contributed by atoms with Crippen LogP contribution in [-0.2, 0) is 14.8 Å². The van der Waals surface area contributed by atoms with Crippen molar-refractivity contribution in [1.82, 2.24) is 9.62 Å². The molecule has 2 N–H and O–H groups in total. The standard InChI is InChI=1S/C12H15FN2O4S/c1-8-6-9(13)2-3-11(8)20(18,19)15-5-4-14-10(7-15)12(16)17/h2-3,6,10,14H,4-5,7H2,1H3,(H,16,17)/t10-/m1/s1. The van der Waals surface area contributed by atoms with Gasteiger partial charge in [-0.05, 0) is 30.7 Å². The lowest BCUT2D eigenvalue weighted by Gasteiger charge is -2.31. The number of rotatable bonds is 3. The van der Waals surface area contributed by atoms with Crippen LogP contribution >= 0.6 is 0 Å². The molecule has 1 aliphatic rings. The van der Waals surface area contributed by atoms with E-state index in [1.807, 2.05) is 0 Å². The fourth-order valence-corrected chi connectivity index (χ4v) is 3.81. The Labute approximate surface area is 116 Å². The molecule has 0 unspecified atom stereocenters. The first-order valence-electron chi connectivity index (χ1n) is 6.05. The number of piperazine rings is 1. The van der Waals surface area contributed by atoms with Crippen LogP contribution in [0.5, 0.6) is 0 Å². The van der Waals surface area contributed by atoms with Crippen molar-refractivity contribution in [3.63, 3.8) is 0 Å². The molecule has 0 amide bonds. The summed E-state index contributed by atoms with van der Waals surface area (Å²) in [7, 11) is -3.81. The van der Waals surface area contributed by atoms with Gasteiger partial charge in [0.2, 0.25) is 10.0 Å². The molecule has 0 aliphatic carbocycles. The molecule has 1 aromatic carbocycles. The zero-order valence-corrected chi connectivity index (χ0v) is 11.7. The van der Waals surface area contributed by atoms with Crippen LogP contribution in [0.15, 0.2) is 23.1 Å². The van der Waals surface area contributed by atoms with E-state index in [0.717, 1.165) is 16.4 Å². The van der Waals surface area contributed by atoms with Crippen molar-refractivity contribution in [3.05, 3.63) is 29.6 Å². The van der Waals surface area contributed by atoms with E-state index in [-0.39, 0.29) is 24.5 Å². The SMILES string of the molecule is Cc1cc(F)ccc1S(=O)(=O)N1CCN[C@@H](C(=O)O)C1. The molecule has 1 heterocycles. The minimum Gasteiger partial charge on any atom is -0.480 e. The van der Waals surface area contributed by atoms with Gasteiger partial charge in [-0.3, -0.25) is 4.79 Å². The molecule has 1 saturated heterocycles.